The molecule has 2 N–H and O–H groups in total. The Bertz CT molecular complexity index is 205. The van der Waals surface area contributed by atoms with E-state index in [-0.39, 0.29) is 0 Å². The van der Waals surface area contributed by atoms with Crippen molar-refractivity contribution in [2.24, 2.45) is 7.05 Å². The van der Waals surface area contributed by atoms with Gasteiger partial charge >= 0.3 is 0 Å². The van der Waals surface area contributed by atoms with Gasteiger partial charge in [0.1, 0.15) is 5.82 Å². The summed E-state index contributed by atoms with van der Waals surface area (Å²) in [4.78, 5) is 0. The Labute approximate surface area is 53.8 Å². The van der Waals surface area contributed by atoms with Crippen molar-refractivity contribution >= 4 is 11.9 Å². The smallest absolute Gasteiger partial charge is 0.121 e. The Morgan fingerprint density at radius 3 is 2.78 bits per heavy atom. The number of rotatable bonds is 1. The molecule has 3 heteroatoms. The van der Waals surface area contributed by atoms with Crippen LogP contribution >= 0.6 is 0 Å². The average Bonchev–Trinajstić information content (AvgIpc) is 2.13. The van der Waals surface area contributed by atoms with Gasteiger partial charge in [0.25, 0.3) is 0 Å². The predicted molar refractivity (Wildman–Crippen MR) is 37.7 cm³/mol. The fraction of sp³-hybridized carbons (Fsp3) is 0.167. The van der Waals surface area contributed by atoms with Crippen molar-refractivity contribution < 1.29 is 0 Å². The summed E-state index contributed by atoms with van der Waals surface area (Å²) in [5.74, 6) is 0.657. The van der Waals surface area contributed by atoms with Crippen molar-refractivity contribution in [3.8, 4) is 0 Å². The van der Waals surface area contributed by atoms with E-state index in [4.69, 9.17) is 5.73 Å². The molecule has 0 radical (unpaired) electrons. The first-order valence-corrected chi connectivity index (χ1v) is 2.66. The molecule has 48 valence electrons. The maximum Gasteiger partial charge on any atom is 0.121 e. The van der Waals surface area contributed by atoms with Gasteiger partial charge in [-0.25, -0.2) is 0 Å². The van der Waals surface area contributed by atoms with Crippen molar-refractivity contribution in [2.75, 3.05) is 5.73 Å². The highest BCUT2D eigenvalue weighted by atomic mass is 15.3. The fourth-order valence-electron chi connectivity index (χ4n) is 0.604. The Hall–Kier alpha value is -1.25. The Kier molecular flexibility index (Phi) is 1.26. The van der Waals surface area contributed by atoms with Gasteiger partial charge in [-0.05, 0) is 6.08 Å². The van der Waals surface area contributed by atoms with E-state index in [1.165, 1.54) is 0 Å². The number of aromatic nitrogens is 2. The van der Waals surface area contributed by atoms with Crippen LogP contribution in [-0.4, -0.2) is 9.78 Å². The molecule has 0 spiro atoms. The fourth-order valence-corrected chi connectivity index (χ4v) is 0.604. The van der Waals surface area contributed by atoms with Gasteiger partial charge in [-0.1, -0.05) is 6.58 Å². The van der Waals surface area contributed by atoms with E-state index in [0.29, 0.717) is 5.82 Å². The highest BCUT2D eigenvalue weighted by Crippen LogP contribution is 2.03. The zero-order valence-electron chi connectivity index (χ0n) is 5.33. The summed E-state index contributed by atoms with van der Waals surface area (Å²) >= 11 is 0. The van der Waals surface area contributed by atoms with E-state index < -0.39 is 0 Å². The number of hydrogen-bond acceptors (Lipinski definition) is 2. The van der Waals surface area contributed by atoms with Gasteiger partial charge in [0, 0.05) is 13.1 Å². The number of hydrogen-bond donors (Lipinski definition) is 1. The molecule has 0 saturated carbocycles. The number of aryl methyl sites for hydroxylation is 1. The molecule has 0 fully saturated rings. The van der Waals surface area contributed by atoms with E-state index in [9.17, 15) is 0 Å². The molecule has 1 aromatic heterocycles. The molecule has 0 saturated heterocycles. The molecular formula is C6H9N3. The highest BCUT2D eigenvalue weighted by Gasteiger charge is 1.94. The summed E-state index contributed by atoms with van der Waals surface area (Å²) in [6.45, 7) is 3.55. The largest absolute Gasteiger partial charge is 0.384 e. The molecule has 0 atom stereocenters. The van der Waals surface area contributed by atoms with Crippen LogP contribution in [0.25, 0.3) is 6.08 Å². The lowest BCUT2D eigenvalue weighted by molar-refractivity contribution is 0.776. The molecule has 1 rings (SSSR count). The second-order valence-corrected chi connectivity index (χ2v) is 1.82. The van der Waals surface area contributed by atoms with Crippen molar-refractivity contribution in [2.45, 2.75) is 0 Å². The minimum atomic E-state index is 0.657. The molecule has 0 aliphatic rings. The van der Waals surface area contributed by atoms with Crippen LogP contribution in [0.1, 0.15) is 5.69 Å². The first-order valence-electron chi connectivity index (χ1n) is 2.66. The number of nitrogen functional groups attached to an aromatic ring is 1. The second-order valence-electron chi connectivity index (χ2n) is 1.82. The number of nitrogens with zero attached hydrogens (tertiary/aromatic N) is 2. The molecule has 0 amide bonds. The summed E-state index contributed by atoms with van der Waals surface area (Å²) in [5.41, 5.74) is 6.28. The molecule has 0 unspecified atom stereocenters. The molecule has 9 heavy (non-hydrogen) atoms. The monoisotopic (exact) mass is 123 g/mol. The van der Waals surface area contributed by atoms with E-state index in [0.717, 1.165) is 5.69 Å². The normalized spacial score (nSPS) is 9.44. The minimum absolute atomic E-state index is 0.657. The summed E-state index contributed by atoms with van der Waals surface area (Å²) in [7, 11) is 1.79. The van der Waals surface area contributed by atoms with Crippen molar-refractivity contribution in [1.29, 1.82) is 0 Å². The standard InChI is InChI=1S/C6H9N3/c1-3-5-4-6(7)9(2)8-5/h3-4H,1,7H2,2H3. The summed E-state index contributed by atoms with van der Waals surface area (Å²) in [5, 5.41) is 4.00. The molecule has 0 aliphatic carbocycles. The predicted octanol–water partition coefficient (Wildman–Crippen LogP) is 0.645. The van der Waals surface area contributed by atoms with Gasteiger partial charge in [0.15, 0.2) is 0 Å². The zero-order chi connectivity index (χ0) is 6.85. The van der Waals surface area contributed by atoms with E-state index >= 15 is 0 Å². The highest BCUT2D eigenvalue weighted by molar-refractivity contribution is 5.47. The van der Waals surface area contributed by atoms with Crippen LogP contribution in [0.3, 0.4) is 0 Å². The minimum Gasteiger partial charge on any atom is -0.384 e. The molecule has 1 aromatic rings. The van der Waals surface area contributed by atoms with Crippen LogP contribution < -0.4 is 5.73 Å². The van der Waals surface area contributed by atoms with Crippen molar-refractivity contribution in [3.63, 3.8) is 0 Å². The van der Waals surface area contributed by atoms with Gasteiger partial charge < -0.3 is 5.73 Å². The third-order valence-corrected chi connectivity index (χ3v) is 1.14. The van der Waals surface area contributed by atoms with Crippen LogP contribution in [-0.2, 0) is 7.05 Å². The van der Waals surface area contributed by atoms with Crippen molar-refractivity contribution in [3.05, 3.63) is 18.3 Å². The number of anilines is 1. The molecule has 1 heterocycles. The SMILES string of the molecule is C=Cc1cc(N)n(C)n1. The Balaban J connectivity index is 3.11. The molecule has 0 bridgehead atoms. The van der Waals surface area contributed by atoms with Gasteiger partial charge in [-0.2, -0.15) is 5.10 Å². The Morgan fingerprint density at radius 2 is 2.56 bits per heavy atom. The molecule has 3 nitrogen and oxygen atoms in total. The van der Waals surface area contributed by atoms with Crippen LogP contribution in [0.5, 0.6) is 0 Å². The van der Waals surface area contributed by atoms with Crippen LogP contribution in [0, 0.1) is 0 Å². The third kappa shape index (κ3) is 0.937. The number of nitrogens with two attached hydrogens (primary N) is 1. The summed E-state index contributed by atoms with van der Waals surface area (Å²) in [6.07, 6.45) is 1.66. The molecule has 0 aromatic carbocycles. The maximum absolute atomic E-state index is 5.47. The van der Waals surface area contributed by atoms with Gasteiger partial charge in [-0.3, -0.25) is 4.68 Å². The first-order chi connectivity index (χ1) is 4.24. The van der Waals surface area contributed by atoms with Crippen LogP contribution in [0.2, 0.25) is 0 Å². The lowest BCUT2D eigenvalue weighted by Gasteiger charge is -1.87. The van der Waals surface area contributed by atoms with Gasteiger partial charge in [0.2, 0.25) is 0 Å². The van der Waals surface area contributed by atoms with Gasteiger partial charge in [-0.15, -0.1) is 0 Å². The van der Waals surface area contributed by atoms with E-state index in [2.05, 4.69) is 11.7 Å². The van der Waals surface area contributed by atoms with Crippen molar-refractivity contribution in [1.82, 2.24) is 9.78 Å². The Morgan fingerprint density at radius 1 is 1.89 bits per heavy atom. The summed E-state index contributed by atoms with van der Waals surface area (Å²) in [6, 6.07) is 1.77. The lowest BCUT2D eigenvalue weighted by Crippen LogP contribution is -1.96. The van der Waals surface area contributed by atoms with Crippen LogP contribution in [0.4, 0.5) is 5.82 Å². The van der Waals surface area contributed by atoms with E-state index in [1.54, 1.807) is 23.9 Å². The molecule has 0 aliphatic heterocycles. The van der Waals surface area contributed by atoms with Crippen LogP contribution in [0.15, 0.2) is 12.6 Å². The topological polar surface area (TPSA) is 43.8 Å². The summed E-state index contributed by atoms with van der Waals surface area (Å²) < 4.78 is 1.61. The van der Waals surface area contributed by atoms with E-state index in [1.807, 2.05) is 0 Å². The lowest BCUT2D eigenvalue weighted by atomic mass is 10.4. The maximum atomic E-state index is 5.47. The second kappa shape index (κ2) is 1.93. The molecular weight excluding hydrogens is 114 g/mol. The zero-order valence-corrected chi connectivity index (χ0v) is 5.33. The third-order valence-electron chi connectivity index (χ3n) is 1.14. The average molecular weight is 123 g/mol. The quantitative estimate of drug-likeness (QED) is 0.595. The first kappa shape index (κ1) is 5.88. The van der Waals surface area contributed by atoms with Gasteiger partial charge in [0.05, 0.1) is 5.69 Å².